The maximum absolute atomic E-state index is 12.1. The number of rotatable bonds is 6. The lowest BCUT2D eigenvalue weighted by molar-refractivity contribution is -0.122. The summed E-state index contributed by atoms with van der Waals surface area (Å²) in [5.41, 5.74) is 1.34. The smallest absolute Gasteiger partial charge is 0.234 e. The maximum Gasteiger partial charge on any atom is 0.234 e. The average molecular weight is 331 g/mol. The van der Waals surface area contributed by atoms with Gasteiger partial charge in [0.05, 0.1) is 25.3 Å². The molecule has 1 aromatic carbocycles. The third-order valence-electron chi connectivity index (χ3n) is 4.80. The molecule has 2 aliphatic rings. The molecule has 1 amide bonds. The van der Waals surface area contributed by atoms with Gasteiger partial charge in [0.1, 0.15) is 0 Å². The van der Waals surface area contributed by atoms with Crippen LogP contribution in [-0.2, 0) is 16.1 Å². The fourth-order valence-electron chi connectivity index (χ4n) is 3.55. The number of likely N-dealkylation sites (tertiary alicyclic amines) is 1. The van der Waals surface area contributed by atoms with E-state index in [1.165, 1.54) is 5.56 Å². The Bertz CT molecular complexity index is 535. The van der Waals surface area contributed by atoms with Crippen molar-refractivity contribution < 1.29 is 9.53 Å². The van der Waals surface area contributed by atoms with E-state index in [1.807, 2.05) is 0 Å². The van der Waals surface area contributed by atoms with Crippen molar-refractivity contribution >= 4 is 5.91 Å². The second kappa shape index (κ2) is 8.10. The molecule has 0 radical (unpaired) electrons. The molecule has 2 saturated heterocycles. The number of hydrogen-bond acceptors (Lipinski definition) is 4. The van der Waals surface area contributed by atoms with Gasteiger partial charge < -0.3 is 10.1 Å². The van der Waals surface area contributed by atoms with E-state index in [4.69, 9.17) is 4.74 Å². The highest BCUT2D eigenvalue weighted by molar-refractivity contribution is 5.78. The van der Waals surface area contributed by atoms with Crippen LogP contribution in [0, 0.1) is 5.92 Å². The number of ether oxygens (including phenoxy) is 1. The molecule has 2 aliphatic heterocycles. The minimum absolute atomic E-state index is 0.122. The second-order valence-electron chi connectivity index (χ2n) is 7.32. The van der Waals surface area contributed by atoms with Crippen molar-refractivity contribution in [3.63, 3.8) is 0 Å². The number of fused-ring (bicyclic) bond motifs is 1. The van der Waals surface area contributed by atoms with Gasteiger partial charge in [0.2, 0.25) is 5.91 Å². The Morgan fingerprint density at radius 2 is 2.08 bits per heavy atom. The quantitative estimate of drug-likeness (QED) is 0.854. The molecule has 0 unspecified atom stereocenters. The molecule has 132 valence electrons. The summed E-state index contributed by atoms with van der Waals surface area (Å²) >= 11 is 0. The minimum atomic E-state index is 0.122. The van der Waals surface area contributed by atoms with Gasteiger partial charge in [0, 0.05) is 32.7 Å². The molecular weight excluding hydrogens is 302 g/mol. The number of morpholine rings is 1. The summed E-state index contributed by atoms with van der Waals surface area (Å²) in [6.07, 6.45) is 0.223. The molecule has 2 atom stereocenters. The van der Waals surface area contributed by atoms with Crippen LogP contribution in [0.3, 0.4) is 0 Å². The maximum atomic E-state index is 12.1. The van der Waals surface area contributed by atoms with Crippen LogP contribution in [0.1, 0.15) is 19.4 Å². The number of carbonyl (C=O) groups excluding carboxylic acids is 1. The molecule has 1 aromatic rings. The van der Waals surface area contributed by atoms with E-state index in [-0.39, 0.29) is 12.0 Å². The number of amides is 1. The second-order valence-corrected chi connectivity index (χ2v) is 7.32. The Hall–Kier alpha value is -1.43. The monoisotopic (exact) mass is 331 g/mol. The van der Waals surface area contributed by atoms with E-state index < -0.39 is 0 Å². The van der Waals surface area contributed by atoms with Gasteiger partial charge in [-0.3, -0.25) is 14.6 Å². The van der Waals surface area contributed by atoms with Crippen molar-refractivity contribution in [1.29, 1.82) is 0 Å². The SMILES string of the molecule is CC(C)CNC(=O)CN1C[C@@H]2[C@@H](C1)OCCN2Cc1ccccc1. The van der Waals surface area contributed by atoms with Gasteiger partial charge >= 0.3 is 0 Å². The van der Waals surface area contributed by atoms with E-state index in [0.29, 0.717) is 18.5 Å². The van der Waals surface area contributed by atoms with Gasteiger partial charge in [-0.1, -0.05) is 44.2 Å². The van der Waals surface area contributed by atoms with Gasteiger partial charge in [-0.25, -0.2) is 0 Å². The molecule has 3 rings (SSSR count). The highest BCUT2D eigenvalue weighted by Gasteiger charge is 2.40. The van der Waals surface area contributed by atoms with E-state index >= 15 is 0 Å². The summed E-state index contributed by atoms with van der Waals surface area (Å²) in [7, 11) is 0. The Morgan fingerprint density at radius 3 is 2.83 bits per heavy atom. The van der Waals surface area contributed by atoms with Crippen LogP contribution >= 0.6 is 0 Å². The standard InChI is InChI=1S/C19H29N3O2/c1-15(2)10-20-19(23)14-21-12-17-18(13-21)24-9-8-22(17)11-16-6-4-3-5-7-16/h3-7,15,17-18H,8-14H2,1-2H3,(H,20,23)/t17-,18-/m1/s1. The zero-order chi connectivity index (χ0) is 16.9. The third-order valence-corrected chi connectivity index (χ3v) is 4.80. The highest BCUT2D eigenvalue weighted by atomic mass is 16.5. The lowest BCUT2D eigenvalue weighted by Gasteiger charge is -2.37. The van der Waals surface area contributed by atoms with Crippen LogP contribution < -0.4 is 5.32 Å². The summed E-state index contributed by atoms with van der Waals surface area (Å²) in [4.78, 5) is 16.8. The van der Waals surface area contributed by atoms with Crippen molar-refractivity contribution in [2.45, 2.75) is 32.5 Å². The lowest BCUT2D eigenvalue weighted by Crippen LogP contribution is -2.50. The van der Waals surface area contributed by atoms with Crippen LogP contribution in [0.25, 0.3) is 0 Å². The van der Waals surface area contributed by atoms with Gasteiger partial charge in [-0.05, 0) is 11.5 Å². The molecule has 0 spiro atoms. The molecular formula is C19H29N3O2. The molecule has 1 N–H and O–H groups in total. The molecule has 5 nitrogen and oxygen atoms in total. The minimum Gasteiger partial charge on any atom is -0.374 e. The van der Waals surface area contributed by atoms with E-state index in [2.05, 4.69) is 59.3 Å². The first kappa shape index (κ1) is 17.4. The first-order valence-electron chi connectivity index (χ1n) is 9.00. The van der Waals surface area contributed by atoms with Crippen LogP contribution in [0.15, 0.2) is 30.3 Å². The van der Waals surface area contributed by atoms with Crippen molar-refractivity contribution in [3.05, 3.63) is 35.9 Å². The van der Waals surface area contributed by atoms with Crippen LogP contribution in [0.5, 0.6) is 0 Å². The molecule has 2 heterocycles. The summed E-state index contributed by atoms with van der Waals surface area (Å²) in [5, 5.41) is 3.01. The van der Waals surface area contributed by atoms with Crippen molar-refractivity contribution in [2.75, 3.05) is 39.3 Å². The topological polar surface area (TPSA) is 44.8 Å². The van der Waals surface area contributed by atoms with E-state index in [0.717, 1.165) is 39.3 Å². The van der Waals surface area contributed by atoms with Crippen molar-refractivity contribution in [3.8, 4) is 0 Å². The first-order valence-corrected chi connectivity index (χ1v) is 9.00. The summed E-state index contributed by atoms with van der Waals surface area (Å²) in [6.45, 7) is 9.90. The molecule has 0 bridgehead atoms. The van der Waals surface area contributed by atoms with Crippen LogP contribution in [0.2, 0.25) is 0 Å². The Labute approximate surface area is 145 Å². The summed E-state index contributed by atoms with van der Waals surface area (Å²) in [5.74, 6) is 0.608. The number of nitrogens with one attached hydrogen (secondary N) is 1. The van der Waals surface area contributed by atoms with Crippen LogP contribution in [0.4, 0.5) is 0 Å². The Kier molecular flexibility index (Phi) is 5.87. The predicted molar refractivity (Wildman–Crippen MR) is 94.7 cm³/mol. The number of hydrogen-bond donors (Lipinski definition) is 1. The van der Waals surface area contributed by atoms with E-state index in [9.17, 15) is 4.79 Å². The fourth-order valence-corrected chi connectivity index (χ4v) is 3.55. The zero-order valence-electron chi connectivity index (χ0n) is 14.8. The van der Waals surface area contributed by atoms with Crippen LogP contribution in [-0.4, -0.2) is 67.2 Å². The predicted octanol–water partition coefficient (Wildman–Crippen LogP) is 1.34. The van der Waals surface area contributed by atoms with Gasteiger partial charge in [0.15, 0.2) is 0 Å². The first-order chi connectivity index (χ1) is 11.6. The normalized spacial score (nSPS) is 25.0. The Morgan fingerprint density at radius 1 is 1.29 bits per heavy atom. The van der Waals surface area contributed by atoms with Crippen molar-refractivity contribution in [1.82, 2.24) is 15.1 Å². The zero-order valence-corrected chi connectivity index (χ0v) is 14.8. The van der Waals surface area contributed by atoms with Gasteiger partial charge in [0.25, 0.3) is 0 Å². The molecule has 0 aliphatic carbocycles. The van der Waals surface area contributed by atoms with Gasteiger partial charge in [-0.15, -0.1) is 0 Å². The van der Waals surface area contributed by atoms with Crippen molar-refractivity contribution in [2.24, 2.45) is 5.92 Å². The fraction of sp³-hybridized carbons (Fsp3) is 0.632. The van der Waals surface area contributed by atoms with Gasteiger partial charge in [-0.2, -0.15) is 0 Å². The molecule has 0 saturated carbocycles. The number of benzene rings is 1. The molecule has 2 fully saturated rings. The third kappa shape index (κ3) is 4.56. The summed E-state index contributed by atoms with van der Waals surface area (Å²) in [6, 6.07) is 11.0. The lowest BCUT2D eigenvalue weighted by atomic mass is 10.1. The summed E-state index contributed by atoms with van der Waals surface area (Å²) < 4.78 is 5.96. The molecule has 0 aromatic heterocycles. The molecule has 5 heteroatoms. The van der Waals surface area contributed by atoms with E-state index in [1.54, 1.807) is 0 Å². The highest BCUT2D eigenvalue weighted by Crippen LogP contribution is 2.24. The number of carbonyl (C=O) groups is 1. The average Bonchev–Trinajstić information content (AvgIpc) is 2.97. The Balaban J connectivity index is 1.54. The number of nitrogens with zero attached hydrogens (tertiary/aromatic N) is 2. The molecule has 24 heavy (non-hydrogen) atoms. The largest absolute Gasteiger partial charge is 0.374 e.